The van der Waals surface area contributed by atoms with Crippen molar-refractivity contribution in [2.75, 3.05) is 25.0 Å². The molecule has 0 unspecified atom stereocenters. The third-order valence-electron chi connectivity index (χ3n) is 3.67. The van der Waals surface area contributed by atoms with E-state index in [1.165, 1.54) is 0 Å². The first-order chi connectivity index (χ1) is 10.9. The number of carboxylic acid groups (broad SMARTS) is 1. The monoisotopic (exact) mass is 360 g/mol. The molecule has 126 valence electrons. The van der Waals surface area contributed by atoms with E-state index in [-0.39, 0.29) is 11.9 Å². The molecule has 0 atom stereocenters. The molecule has 2 N–H and O–H groups in total. The van der Waals surface area contributed by atoms with E-state index in [0.29, 0.717) is 54.0 Å². The van der Waals surface area contributed by atoms with E-state index in [1.54, 1.807) is 17.0 Å². The van der Waals surface area contributed by atoms with E-state index in [0.717, 1.165) is 0 Å². The van der Waals surface area contributed by atoms with Crippen LogP contribution in [0.5, 0.6) is 5.75 Å². The molecule has 8 heteroatoms. The number of aliphatic carboxylic acids is 1. The van der Waals surface area contributed by atoms with Gasteiger partial charge in [0.05, 0.1) is 22.6 Å². The molecule has 1 aromatic carbocycles. The van der Waals surface area contributed by atoms with Gasteiger partial charge in [0.15, 0.2) is 5.75 Å². The van der Waals surface area contributed by atoms with E-state index in [1.807, 2.05) is 6.92 Å². The maximum atomic E-state index is 12.2. The molecule has 0 saturated carbocycles. The first-order valence-corrected chi connectivity index (χ1v) is 8.08. The summed E-state index contributed by atoms with van der Waals surface area (Å²) in [6.45, 7) is 3.06. The zero-order valence-electron chi connectivity index (χ0n) is 12.6. The van der Waals surface area contributed by atoms with Crippen LogP contribution in [0, 0.1) is 5.92 Å². The molecule has 1 fully saturated rings. The van der Waals surface area contributed by atoms with E-state index >= 15 is 0 Å². The van der Waals surface area contributed by atoms with Gasteiger partial charge in [-0.3, -0.25) is 4.79 Å². The van der Waals surface area contributed by atoms with Gasteiger partial charge in [0.25, 0.3) is 0 Å². The van der Waals surface area contributed by atoms with Gasteiger partial charge < -0.3 is 20.1 Å². The summed E-state index contributed by atoms with van der Waals surface area (Å²) >= 11 is 12.2. The number of ether oxygens (including phenoxy) is 1. The Morgan fingerprint density at radius 3 is 2.35 bits per heavy atom. The summed E-state index contributed by atoms with van der Waals surface area (Å²) in [5.74, 6) is -0.806. The maximum Gasteiger partial charge on any atom is 0.321 e. The molecule has 2 rings (SSSR count). The number of halogens is 2. The molecule has 1 heterocycles. The number of benzene rings is 1. The normalized spacial score (nSPS) is 15.3. The van der Waals surface area contributed by atoms with Crippen LogP contribution >= 0.6 is 23.2 Å². The topological polar surface area (TPSA) is 78.9 Å². The molecule has 0 bridgehead atoms. The van der Waals surface area contributed by atoms with Crippen LogP contribution < -0.4 is 10.1 Å². The lowest BCUT2D eigenvalue weighted by atomic mass is 9.97. The Balaban J connectivity index is 2.00. The van der Waals surface area contributed by atoms with E-state index in [2.05, 4.69) is 5.32 Å². The minimum Gasteiger partial charge on any atom is -0.491 e. The highest BCUT2D eigenvalue weighted by Gasteiger charge is 2.27. The molecule has 0 aromatic heterocycles. The van der Waals surface area contributed by atoms with Gasteiger partial charge in [-0.2, -0.15) is 0 Å². The van der Waals surface area contributed by atoms with Gasteiger partial charge in [0, 0.05) is 18.8 Å². The average molecular weight is 361 g/mol. The number of amides is 2. The molecular formula is C15H18Cl2N2O4. The molecule has 2 amide bonds. The number of nitrogens with zero attached hydrogens (tertiary/aromatic N) is 1. The fourth-order valence-corrected chi connectivity index (χ4v) is 3.04. The van der Waals surface area contributed by atoms with Crippen LogP contribution in [0.3, 0.4) is 0 Å². The fourth-order valence-electron chi connectivity index (χ4n) is 2.45. The zero-order chi connectivity index (χ0) is 17.0. The summed E-state index contributed by atoms with van der Waals surface area (Å²) in [7, 11) is 0. The lowest BCUT2D eigenvalue weighted by Gasteiger charge is -2.30. The minimum atomic E-state index is -0.810. The number of hydrogen-bond acceptors (Lipinski definition) is 3. The van der Waals surface area contributed by atoms with E-state index in [4.69, 9.17) is 33.0 Å². The van der Waals surface area contributed by atoms with Crippen LogP contribution in [-0.4, -0.2) is 41.7 Å². The van der Waals surface area contributed by atoms with Gasteiger partial charge in [0.2, 0.25) is 0 Å². The van der Waals surface area contributed by atoms with Crippen molar-refractivity contribution in [1.82, 2.24) is 4.90 Å². The Labute approximate surface area is 144 Å². The summed E-state index contributed by atoms with van der Waals surface area (Å²) in [4.78, 5) is 24.7. The smallest absolute Gasteiger partial charge is 0.321 e. The number of carbonyl (C=O) groups excluding carboxylic acids is 1. The van der Waals surface area contributed by atoms with Gasteiger partial charge in [-0.25, -0.2) is 4.79 Å². The number of nitrogens with one attached hydrogen (secondary N) is 1. The molecule has 23 heavy (non-hydrogen) atoms. The SMILES string of the molecule is CCOc1c(Cl)cc(NC(=O)N2CCC(C(=O)O)CC2)cc1Cl. The van der Waals surface area contributed by atoms with Gasteiger partial charge in [-0.1, -0.05) is 23.2 Å². The maximum absolute atomic E-state index is 12.2. The third-order valence-corrected chi connectivity index (χ3v) is 4.23. The largest absolute Gasteiger partial charge is 0.491 e. The van der Waals surface area contributed by atoms with Gasteiger partial charge in [0.1, 0.15) is 0 Å². The van der Waals surface area contributed by atoms with Crippen molar-refractivity contribution in [3.05, 3.63) is 22.2 Å². The highest BCUT2D eigenvalue weighted by Crippen LogP contribution is 2.36. The molecule has 0 radical (unpaired) electrons. The van der Waals surface area contributed by atoms with Crippen LogP contribution in [0.4, 0.5) is 10.5 Å². The van der Waals surface area contributed by atoms with Crippen molar-refractivity contribution in [1.29, 1.82) is 0 Å². The standard InChI is InChI=1S/C15H18Cl2N2O4/c1-2-23-13-11(16)7-10(8-12(13)17)18-15(22)19-5-3-9(4-6-19)14(20)21/h7-9H,2-6H2,1H3,(H,18,22)(H,20,21). The Morgan fingerprint density at radius 2 is 1.87 bits per heavy atom. The highest BCUT2D eigenvalue weighted by molar-refractivity contribution is 6.37. The Bertz CT molecular complexity index is 578. The second-order valence-electron chi connectivity index (χ2n) is 5.23. The molecule has 0 aliphatic carbocycles. The molecule has 1 aromatic rings. The summed E-state index contributed by atoms with van der Waals surface area (Å²) in [6, 6.07) is 2.84. The Hall–Kier alpha value is -1.66. The van der Waals surface area contributed by atoms with E-state index < -0.39 is 5.97 Å². The fraction of sp³-hybridized carbons (Fsp3) is 0.467. The molecule has 0 spiro atoms. The van der Waals surface area contributed by atoms with E-state index in [9.17, 15) is 9.59 Å². The zero-order valence-corrected chi connectivity index (χ0v) is 14.2. The number of carbonyl (C=O) groups is 2. The number of likely N-dealkylation sites (tertiary alicyclic amines) is 1. The predicted octanol–water partition coefficient (Wildman–Crippen LogP) is 3.72. The van der Waals surface area contributed by atoms with Crippen molar-refractivity contribution in [3.63, 3.8) is 0 Å². The lowest BCUT2D eigenvalue weighted by molar-refractivity contribution is -0.143. The second kappa shape index (κ2) is 7.75. The van der Waals surface area contributed by atoms with Crippen molar-refractivity contribution in [2.45, 2.75) is 19.8 Å². The third kappa shape index (κ3) is 4.42. The van der Waals surface area contributed by atoms with Crippen molar-refractivity contribution in [3.8, 4) is 5.75 Å². The summed E-state index contributed by atoms with van der Waals surface area (Å²) in [5, 5.41) is 12.3. The van der Waals surface area contributed by atoms with Crippen LogP contribution in [0.25, 0.3) is 0 Å². The van der Waals surface area contributed by atoms with Crippen molar-refractivity contribution < 1.29 is 19.4 Å². The number of urea groups is 1. The highest BCUT2D eigenvalue weighted by atomic mass is 35.5. The molecule has 1 aliphatic heterocycles. The Kier molecular flexibility index (Phi) is 5.96. The number of piperidine rings is 1. The minimum absolute atomic E-state index is 0.301. The van der Waals surface area contributed by atoms with Gasteiger partial charge >= 0.3 is 12.0 Å². The predicted molar refractivity (Wildman–Crippen MR) is 88.6 cm³/mol. The molecule has 1 saturated heterocycles. The first kappa shape index (κ1) is 17.7. The van der Waals surface area contributed by atoms with Crippen LogP contribution in [0.2, 0.25) is 10.0 Å². The quantitative estimate of drug-likeness (QED) is 0.857. The number of carboxylic acids is 1. The lowest BCUT2D eigenvalue weighted by Crippen LogP contribution is -2.42. The molecule has 1 aliphatic rings. The average Bonchev–Trinajstić information content (AvgIpc) is 2.51. The summed E-state index contributed by atoms with van der Waals surface area (Å²) in [6.07, 6.45) is 0.904. The van der Waals surface area contributed by atoms with Gasteiger partial charge in [-0.05, 0) is 31.9 Å². The number of hydrogen-bond donors (Lipinski definition) is 2. The Morgan fingerprint density at radius 1 is 1.30 bits per heavy atom. The van der Waals surface area contributed by atoms with Crippen molar-refractivity contribution >= 4 is 40.9 Å². The van der Waals surface area contributed by atoms with Crippen LogP contribution in [0.1, 0.15) is 19.8 Å². The number of anilines is 1. The van der Waals surface area contributed by atoms with Crippen LogP contribution in [0.15, 0.2) is 12.1 Å². The first-order valence-electron chi connectivity index (χ1n) is 7.33. The van der Waals surface area contributed by atoms with Crippen molar-refractivity contribution in [2.24, 2.45) is 5.92 Å². The van der Waals surface area contributed by atoms with Gasteiger partial charge in [-0.15, -0.1) is 0 Å². The molecule has 6 nitrogen and oxygen atoms in total. The second-order valence-corrected chi connectivity index (χ2v) is 6.05. The van der Waals surface area contributed by atoms with Crippen LogP contribution in [-0.2, 0) is 4.79 Å². The summed E-state index contributed by atoms with van der Waals surface area (Å²) < 4.78 is 5.34. The molecular weight excluding hydrogens is 343 g/mol. The number of rotatable bonds is 4. The summed E-state index contributed by atoms with van der Waals surface area (Å²) in [5.41, 5.74) is 0.466.